The molecule has 1 fully saturated rings. The lowest BCUT2D eigenvalue weighted by molar-refractivity contribution is -0.135. The number of aliphatic hydroxyl groups excluding tert-OH is 1. The third kappa shape index (κ3) is 3.75. The molecule has 0 amide bonds. The minimum Gasteiger partial charge on any atom is -0.394 e. The van der Waals surface area contributed by atoms with Crippen LogP contribution in [0.2, 0.25) is 0 Å². The quantitative estimate of drug-likeness (QED) is 0.648. The van der Waals surface area contributed by atoms with Crippen LogP contribution in [0.15, 0.2) is 30.2 Å². The normalized spacial score (nSPS) is 20.7. The number of aliphatic hydroxyl groups is 1. The van der Waals surface area contributed by atoms with Gasteiger partial charge in [-0.2, -0.15) is 0 Å². The number of hydrogen-bond donors (Lipinski definition) is 1. The van der Waals surface area contributed by atoms with Gasteiger partial charge in [-0.05, 0) is 25.3 Å². The van der Waals surface area contributed by atoms with Crippen molar-refractivity contribution in [2.75, 3.05) is 37.7 Å². The van der Waals surface area contributed by atoms with Crippen LogP contribution in [0.3, 0.4) is 0 Å². The summed E-state index contributed by atoms with van der Waals surface area (Å²) in [6, 6.07) is 4.20. The number of aromatic nitrogens is 4. The van der Waals surface area contributed by atoms with E-state index in [4.69, 9.17) is 4.74 Å². The van der Waals surface area contributed by atoms with E-state index < -0.39 is 0 Å². The van der Waals surface area contributed by atoms with Gasteiger partial charge in [0.2, 0.25) is 0 Å². The van der Waals surface area contributed by atoms with Gasteiger partial charge in [0.05, 0.1) is 19.0 Å². The second-order valence-electron chi connectivity index (χ2n) is 6.86. The van der Waals surface area contributed by atoms with Crippen LogP contribution in [-0.4, -0.2) is 68.4 Å². The van der Waals surface area contributed by atoms with Crippen LogP contribution in [0.4, 0.5) is 5.82 Å². The number of ether oxygens (including phenoxy) is 1. The van der Waals surface area contributed by atoms with Crippen molar-refractivity contribution in [3.8, 4) is 0 Å². The Hall–Kier alpha value is -2.07. The Kier molecular flexibility index (Phi) is 5.86. The zero-order valence-corrected chi connectivity index (χ0v) is 17.0. The van der Waals surface area contributed by atoms with Crippen LogP contribution in [-0.2, 0) is 11.3 Å². The van der Waals surface area contributed by atoms with Crippen molar-refractivity contribution < 1.29 is 9.84 Å². The molecule has 150 valence electrons. The Labute approximate surface area is 168 Å². The van der Waals surface area contributed by atoms with Crippen LogP contribution in [0.1, 0.15) is 25.0 Å². The Balaban J connectivity index is 1.63. The Morgan fingerprint density at radius 2 is 2.11 bits per heavy atom. The zero-order valence-electron chi connectivity index (χ0n) is 16.2. The van der Waals surface area contributed by atoms with E-state index in [0.717, 1.165) is 36.6 Å². The molecule has 0 aromatic carbocycles. The predicted molar refractivity (Wildman–Crippen MR) is 109 cm³/mol. The molecule has 0 unspecified atom stereocenters. The molecule has 1 saturated heterocycles. The lowest BCUT2D eigenvalue weighted by Crippen LogP contribution is -2.46. The minimum absolute atomic E-state index is 0.0102. The van der Waals surface area contributed by atoms with Gasteiger partial charge in [-0.15, -0.1) is 11.3 Å². The van der Waals surface area contributed by atoms with E-state index in [-0.39, 0.29) is 18.9 Å². The zero-order chi connectivity index (χ0) is 19.5. The summed E-state index contributed by atoms with van der Waals surface area (Å²) in [5.74, 6) is 0.846. The van der Waals surface area contributed by atoms with Crippen molar-refractivity contribution >= 4 is 28.3 Å². The first-order valence-electron chi connectivity index (χ1n) is 9.67. The lowest BCUT2D eigenvalue weighted by atomic mass is 10.2. The molecular formula is C19H26N6O2S. The van der Waals surface area contributed by atoms with Gasteiger partial charge in [0.1, 0.15) is 12.6 Å². The first kappa shape index (κ1) is 19.3. The fourth-order valence-corrected chi connectivity index (χ4v) is 4.45. The molecule has 1 aliphatic heterocycles. The van der Waals surface area contributed by atoms with E-state index in [9.17, 15) is 5.11 Å². The van der Waals surface area contributed by atoms with Crippen LogP contribution in [0.25, 0.3) is 11.2 Å². The SMILES string of the molecule is CCN(CC)c1ncnc2c1ncn2[C@H]1CN(Cc2cccs2)C[C@@H](CO)O1. The van der Waals surface area contributed by atoms with E-state index in [1.165, 1.54) is 4.88 Å². The van der Waals surface area contributed by atoms with Crippen molar-refractivity contribution in [2.45, 2.75) is 32.7 Å². The molecule has 0 aliphatic carbocycles. The van der Waals surface area contributed by atoms with Gasteiger partial charge in [-0.3, -0.25) is 9.47 Å². The third-order valence-corrected chi connectivity index (χ3v) is 5.96. The summed E-state index contributed by atoms with van der Waals surface area (Å²) in [6.07, 6.45) is 2.87. The number of rotatable bonds is 7. The molecule has 3 aromatic heterocycles. The molecule has 2 atom stereocenters. The number of hydrogen-bond acceptors (Lipinski definition) is 8. The van der Waals surface area contributed by atoms with E-state index in [0.29, 0.717) is 13.1 Å². The van der Waals surface area contributed by atoms with Gasteiger partial charge in [0.25, 0.3) is 0 Å². The van der Waals surface area contributed by atoms with Crippen LogP contribution in [0, 0.1) is 0 Å². The summed E-state index contributed by atoms with van der Waals surface area (Å²) in [5, 5.41) is 11.8. The first-order valence-corrected chi connectivity index (χ1v) is 10.5. The molecule has 4 rings (SSSR count). The largest absolute Gasteiger partial charge is 0.394 e. The number of morpholine rings is 1. The number of thiophene rings is 1. The van der Waals surface area contributed by atoms with Crippen LogP contribution >= 0.6 is 11.3 Å². The summed E-state index contributed by atoms with van der Waals surface area (Å²) in [7, 11) is 0. The van der Waals surface area contributed by atoms with Gasteiger partial charge < -0.3 is 14.7 Å². The fraction of sp³-hybridized carbons (Fsp3) is 0.526. The average molecular weight is 403 g/mol. The standard InChI is InChI=1S/C19H26N6O2S/c1-3-24(4-2)18-17-19(21-12-20-18)25(13-22-17)16-10-23(8-14(11-26)27-16)9-15-6-5-7-28-15/h5-7,12-14,16,26H,3-4,8-11H2,1-2H3/t14-,16+/m0/s1. The van der Waals surface area contributed by atoms with Crippen molar-refractivity contribution in [1.82, 2.24) is 24.4 Å². The van der Waals surface area contributed by atoms with Gasteiger partial charge in [-0.25, -0.2) is 15.0 Å². The summed E-state index contributed by atoms with van der Waals surface area (Å²) in [6.45, 7) is 8.18. The predicted octanol–water partition coefficient (Wildman–Crippen LogP) is 2.13. The van der Waals surface area contributed by atoms with Crippen molar-refractivity contribution in [3.05, 3.63) is 35.0 Å². The van der Waals surface area contributed by atoms with E-state index in [2.05, 4.69) is 56.1 Å². The summed E-state index contributed by atoms with van der Waals surface area (Å²) in [5.41, 5.74) is 1.54. The molecule has 28 heavy (non-hydrogen) atoms. The number of fused-ring (bicyclic) bond motifs is 1. The summed E-state index contributed by atoms with van der Waals surface area (Å²) < 4.78 is 8.12. The van der Waals surface area contributed by atoms with E-state index in [1.54, 1.807) is 24.0 Å². The molecule has 0 saturated carbocycles. The van der Waals surface area contributed by atoms with Gasteiger partial charge in [0.15, 0.2) is 17.0 Å². The van der Waals surface area contributed by atoms with E-state index in [1.807, 2.05) is 4.57 Å². The molecule has 0 radical (unpaired) electrons. The molecule has 4 heterocycles. The van der Waals surface area contributed by atoms with Crippen LogP contribution < -0.4 is 4.90 Å². The highest BCUT2D eigenvalue weighted by Gasteiger charge is 2.30. The van der Waals surface area contributed by atoms with Gasteiger partial charge in [-0.1, -0.05) is 6.07 Å². The van der Waals surface area contributed by atoms with E-state index >= 15 is 0 Å². The molecule has 1 N–H and O–H groups in total. The number of imidazole rings is 1. The molecule has 9 heteroatoms. The average Bonchev–Trinajstić information content (AvgIpc) is 3.38. The van der Waals surface area contributed by atoms with Crippen molar-refractivity contribution in [2.24, 2.45) is 0 Å². The molecule has 3 aromatic rings. The maximum Gasteiger partial charge on any atom is 0.167 e. The Bertz CT molecular complexity index is 895. The van der Waals surface area contributed by atoms with Crippen molar-refractivity contribution in [3.63, 3.8) is 0 Å². The number of nitrogens with zero attached hydrogens (tertiary/aromatic N) is 6. The second-order valence-corrected chi connectivity index (χ2v) is 7.89. The maximum atomic E-state index is 9.74. The van der Waals surface area contributed by atoms with Gasteiger partial charge in [0, 0.05) is 37.6 Å². The highest BCUT2D eigenvalue weighted by atomic mass is 32.1. The monoisotopic (exact) mass is 402 g/mol. The fourth-order valence-electron chi connectivity index (χ4n) is 3.70. The third-order valence-electron chi connectivity index (χ3n) is 5.10. The highest BCUT2D eigenvalue weighted by Crippen LogP contribution is 2.28. The lowest BCUT2D eigenvalue weighted by Gasteiger charge is -2.37. The second kappa shape index (κ2) is 8.52. The molecule has 0 spiro atoms. The topological polar surface area (TPSA) is 79.5 Å². The summed E-state index contributed by atoms with van der Waals surface area (Å²) >= 11 is 1.75. The maximum absolute atomic E-state index is 9.74. The Morgan fingerprint density at radius 1 is 1.25 bits per heavy atom. The Morgan fingerprint density at radius 3 is 2.82 bits per heavy atom. The highest BCUT2D eigenvalue weighted by molar-refractivity contribution is 7.09. The molecule has 1 aliphatic rings. The van der Waals surface area contributed by atoms with Crippen molar-refractivity contribution in [1.29, 1.82) is 0 Å². The smallest absolute Gasteiger partial charge is 0.167 e. The first-order chi connectivity index (χ1) is 13.7. The van der Waals surface area contributed by atoms with Crippen LogP contribution in [0.5, 0.6) is 0 Å². The van der Waals surface area contributed by atoms with Gasteiger partial charge >= 0.3 is 0 Å². The molecule has 8 nitrogen and oxygen atoms in total. The molecule has 0 bridgehead atoms. The minimum atomic E-state index is -0.254. The molecular weight excluding hydrogens is 376 g/mol. The number of anilines is 1. The summed E-state index contributed by atoms with van der Waals surface area (Å²) in [4.78, 5) is 19.3.